The average molecular weight is 253 g/mol. The monoisotopic (exact) mass is 253 g/mol. The molecule has 2 N–H and O–H groups in total. The minimum atomic E-state index is -0.0826. The Morgan fingerprint density at radius 1 is 1.06 bits per heavy atom. The molecule has 0 aliphatic carbocycles. The van der Waals surface area contributed by atoms with E-state index in [0.717, 1.165) is 36.3 Å². The van der Waals surface area contributed by atoms with Gasteiger partial charge in [-0.25, -0.2) is 0 Å². The lowest BCUT2D eigenvalue weighted by Gasteiger charge is -2.19. The van der Waals surface area contributed by atoms with Gasteiger partial charge in [-0.05, 0) is 6.42 Å². The van der Waals surface area contributed by atoms with Gasteiger partial charge in [-0.15, -0.1) is 0 Å². The van der Waals surface area contributed by atoms with Gasteiger partial charge in [0.25, 0.3) is 0 Å². The summed E-state index contributed by atoms with van der Waals surface area (Å²) in [7, 11) is 4.87. The van der Waals surface area contributed by atoms with E-state index >= 15 is 0 Å². The second-order valence-corrected chi connectivity index (χ2v) is 4.19. The highest BCUT2D eigenvalue weighted by atomic mass is 16.5. The van der Waals surface area contributed by atoms with Crippen molar-refractivity contribution < 1.29 is 14.2 Å². The predicted octanol–water partition coefficient (Wildman–Crippen LogP) is 2.90. The first-order chi connectivity index (χ1) is 8.67. The Kier molecular flexibility index (Phi) is 5.78. The van der Waals surface area contributed by atoms with Crippen LogP contribution < -0.4 is 19.9 Å². The van der Waals surface area contributed by atoms with Crippen molar-refractivity contribution in [2.75, 3.05) is 21.3 Å². The summed E-state index contributed by atoms with van der Waals surface area (Å²) in [6.45, 7) is 2.15. The van der Waals surface area contributed by atoms with Gasteiger partial charge in [-0.1, -0.05) is 19.8 Å². The SMILES string of the molecule is CCCC[C@H](N)c1c(OC)cc(OC)cc1OC. The molecule has 0 heterocycles. The summed E-state index contributed by atoms with van der Waals surface area (Å²) in [6.07, 6.45) is 3.11. The molecule has 0 spiro atoms. The molecule has 4 nitrogen and oxygen atoms in total. The Labute approximate surface area is 109 Å². The highest BCUT2D eigenvalue weighted by molar-refractivity contribution is 5.52. The Morgan fingerprint density at radius 2 is 1.61 bits per heavy atom. The molecule has 4 heteroatoms. The normalized spacial score (nSPS) is 12.1. The molecule has 0 aliphatic heterocycles. The molecule has 1 atom stereocenters. The highest BCUT2D eigenvalue weighted by Crippen LogP contribution is 2.38. The van der Waals surface area contributed by atoms with Crippen LogP contribution >= 0.6 is 0 Å². The van der Waals surface area contributed by atoms with Crippen molar-refractivity contribution in [3.8, 4) is 17.2 Å². The summed E-state index contributed by atoms with van der Waals surface area (Å²) in [4.78, 5) is 0. The van der Waals surface area contributed by atoms with Gasteiger partial charge < -0.3 is 19.9 Å². The molecule has 1 rings (SSSR count). The van der Waals surface area contributed by atoms with Crippen LogP contribution in [0.5, 0.6) is 17.2 Å². The summed E-state index contributed by atoms with van der Waals surface area (Å²) < 4.78 is 16.0. The predicted molar refractivity (Wildman–Crippen MR) is 72.6 cm³/mol. The van der Waals surface area contributed by atoms with Gasteiger partial charge in [-0.2, -0.15) is 0 Å². The molecule has 0 aromatic heterocycles. The van der Waals surface area contributed by atoms with Crippen LogP contribution in [-0.4, -0.2) is 21.3 Å². The van der Waals surface area contributed by atoms with Crippen LogP contribution in [0.3, 0.4) is 0 Å². The Bertz CT molecular complexity index is 354. The zero-order valence-electron chi connectivity index (χ0n) is 11.7. The number of hydrogen-bond donors (Lipinski definition) is 1. The third-order valence-corrected chi connectivity index (χ3v) is 2.99. The van der Waals surface area contributed by atoms with Crippen LogP contribution in [0.25, 0.3) is 0 Å². The fraction of sp³-hybridized carbons (Fsp3) is 0.571. The van der Waals surface area contributed by atoms with Crippen LogP contribution in [0, 0.1) is 0 Å². The van der Waals surface area contributed by atoms with E-state index in [4.69, 9.17) is 19.9 Å². The summed E-state index contributed by atoms with van der Waals surface area (Å²) in [5.41, 5.74) is 7.14. The van der Waals surface area contributed by atoms with Gasteiger partial charge in [0.1, 0.15) is 17.2 Å². The molecule has 0 saturated carbocycles. The van der Waals surface area contributed by atoms with Crippen LogP contribution in [0.1, 0.15) is 37.8 Å². The van der Waals surface area contributed by atoms with Crippen LogP contribution in [0.15, 0.2) is 12.1 Å². The Balaban J connectivity index is 3.13. The van der Waals surface area contributed by atoms with Crippen LogP contribution in [-0.2, 0) is 0 Å². The smallest absolute Gasteiger partial charge is 0.131 e. The maximum absolute atomic E-state index is 6.22. The van der Waals surface area contributed by atoms with Crippen molar-refractivity contribution in [2.24, 2.45) is 5.73 Å². The van der Waals surface area contributed by atoms with Crippen molar-refractivity contribution in [1.29, 1.82) is 0 Å². The lowest BCUT2D eigenvalue weighted by atomic mass is 9.99. The first-order valence-electron chi connectivity index (χ1n) is 6.23. The molecule has 18 heavy (non-hydrogen) atoms. The van der Waals surface area contributed by atoms with Gasteiger partial charge in [0.05, 0.1) is 26.9 Å². The zero-order valence-corrected chi connectivity index (χ0v) is 11.7. The van der Waals surface area contributed by atoms with Gasteiger partial charge >= 0.3 is 0 Å². The molecule has 0 radical (unpaired) electrons. The summed E-state index contributed by atoms with van der Waals surface area (Å²) in [5, 5.41) is 0. The van der Waals surface area contributed by atoms with E-state index in [1.807, 2.05) is 12.1 Å². The second kappa shape index (κ2) is 7.11. The highest BCUT2D eigenvalue weighted by Gasteiger charge is 2.19. The number of benzene rings is 1. The van der Waals surface area contributed by atoms with Crippen LogP contribution in [0.4, 0.5) is 0 Å². The van der Waals surface area contributed by atoms with Gasteiger partial charge in [0.15, 0.2) is 0 Å². The third-order valence-electron chi connectivity index (χ3n) is 2.99. The standard InChI is InChI=1S/C14H23NO3/c1-5-6-7-11(15)14-12(17-3)8-10(16-2)9-13(14)18-4/h8-9,11H,5-7,15H2,1-4H3/t11-/m0/s1. The van der Waals surface area contributed by atoms with Crippen LogP contribution in [0.2, 0.25) is 0 Å². The van der Waals surface area contributed by atoms with E-state index in [-0.39, 0.29) is 6.04 Å². The summed E-state index contributed by atoms with van der Waals surface area (Å²) in [5.74, 6) is 2.14. The van der Waals surface area contributed by atoms with E-state index < -0.39 is 0 Å². The van der Waals surface area contributed by atoms with Gasteiger partial charge in [0.2, 0.25) is 0 Å². The molecule has 0 bridgehead atoms. The van der Waals surface area contributed by atoms with E-state index in [1.54, 1.807) is 21.3 Å². The molecular formula is C14H23NO3. The first-order valence-corrected chi connectivity index (χ1v) is 6.23. The van der Waals surface area contributed by atoms with Gasteiger partial charge in [0, 0.05) is 18.2 Å². The molecule has 0 aliphatic rings. The molecular weight excluding hydrogens is 230 g/mol. The topological polar surface area (TPSA) is 53.7 Å². The van der Waals surface area contributed by atoms with E-state index in [2.05, 4.69) is 6.92 Å². The first kappa shape index (κ1) is 14.6. The molecule has 102 valence electrons. The van der Waals surface area contributed by atoms with E-state index in [1.165, 1.54) is 0 Å². The zero-order chi connectivity index (χ0) is 13.5. The van der Waals surface area contributed by atoms with Crippen molar-refractivity contribution in [3.63, 3.8) is 0 Å². The number of methoxy groups -OCH3 is 3. The van der Waals surface area contributed by atoms with Crippen molar-refractivity contribution in [2.45, 2.75) is 32.2 Å². The van der Waals surface area contributed by atoms with E-state index in [0.29, 0.717) is 5.75 Å². The Morgan fingerprint density at radius 3 is 2.00 bits per heavy atom. The fourth-order valence-corrected chi connectivity index (χ4v) is 1.97. The molecule has 0 fully saturated rings. The third kappa shape index (κ3) is 3.29. The lowest BCUT2D eigenvalue weighted by molar-refractivity contribution is 0.362. The van der Waals surface area contributed by atoms with Crippen molar-refractivity contribution >= 4 is 0 Å². The number of unbranched alkanes of at least 4 members (excludes halogenated alkanes) is 1. The Hall–Kier alpha value is -1.42. The minimum absolute atomic E-state index is 0.0826. The maximum atomic E-state index is 6.22. The largest absolute Gasteiger partial charge is 0.496 e. The summed E-state index contributed by atoms with van der Waals surface area (Å²) in [6, 6.07) is 3.59. The fourth-order valence-electron chi connectivity index (χ4n) is 1.97. The minimum Gasteiger partial charge on any atom is -0.496 e. The van der Waals surface area contributed by atoms with E-state index in [9.17, 15) is 0 Å². The van der Waals surface area contributed by atoms with Gasteiger partial charge in [-0.3, -0.25) is 0 Å². The number of hydrogen-bond acceptors (Lipinski definition) is 4. The molecule has 1 aromatic carbocycles. The summed E-state index contributed by atoms with van der Waals surface area (Å²) >= 11 is 0. The quantitative estimate of drug-likeness (QED) is 0.811. The molecule has 0 amide bonds. The molecule has 1 aromatic rings. The molecule has 0 unspecified atom stereocenters. The number of nitrogens with two attached hydrogens (primary N) is 1. The van der Waals surface area contributed by atoms with Crippen molar-refractivity contribution in [1.82, 2.24) is 0 Å². The van der Waals surface area contributed by atoms with Crippen molar-refractivity contribution in [3.05, 3.63) is 17.7 Å². The molecule has 0 saturated heterocycles. The lowest BCUT2D eigenvalue weighted by Crippen LogP contribution is -2.13. The number of ether oxygens (including phenoxy) is 3. The number of rotatable bonds is 7. The average Bonchev–Trinajstić information content (AvgIpc) is 2.42. The maximum Gasteiger partial charge on any atom is 0.131 e. The second-order valence-electron chi connectivity index (χ2n) is 4.19.